The van der Waals surface area contributed by atoms with Gasteiger partial charge in [-0.1, -0.05) is 11.6 Å². The van der Waals surface area contributed by atoms with E-state index in [1.165, 1.54) is 0 Å². The molecule has 0 unspecified atom stereocenters. The number of benzene rings is 1. The third-order valence-electron chi connectivity index (χ3n) is 5.60. The number of imidazole rings is 1. The average molecular weight is 522 g/mol. The van der Waals surface area contributed by atoms with E-state index < -0.39 is 41.0 Å². The van der Waals surface area contributed by atoms with Gasteiger partial charge in [0.2, 0.25) is 0 Å². The Hall–Kier alpha value is -3.24. The highest BCUT2D eigenvalue weighted by atomic mass is 35.5. The number of aromatic nitrogens is 2. The zero-order chi connectivity index (χ0) is 26.2. The predicted molar refractivity (Wildman–Crippen MR) is 128 cm³/mol. The van der Waals surface area contributed by atoms with Crippen LogP contribution in [0.2, 0.25) is 5.02 Å². The molecule has 1 aliphatic rings. The number of halogens is 3. The number of fused-ring (bicyclic) bond motifs is 1. The molecule has 2 aromatic heterocycles. The van der Waals surface area contributed by atoms with Crippen molar-refractivity contribution in [1.82, 2.24) is 14.3 Å². The fraction of sp³-hybridized carbons (Fsp3) is 0.400. The molecule has 4 rings (SSSR count). The SMILES string of the molecule is COC(=O)c1cc(F)c(-c2nc3cc(Cl)ccn3c2C[C@H]2CN(C(=O)OC(C)(C)C)CCO2)c(F)c1. The number of esters is 1. The van der Waals surface area contributed by atoms with Crippen LogP contribution in [-0.4, -0.2) is 64.9 Å². The van der Waals surface area contributed by atoms with Crippen molar-refractivity contribution in [2.24, 2.45) is 0 Å². The van der Waals surface area contributed by atoms with Crippen LogP contribution in [0.3, 0.4) is 0 Å². The maximum Gasteiger partial charge on any atom is 0.410 e. The Kier molecular flexibility index (Phi) is 7.19. The summed E-state index contributed by atoms with van der Waals surface area (Å²) in [5, 5.41) is 0.401. The highest BCUT2D eigenvalue weighted by molar-refractivity contribution is 6.30. The largest absolute Gasteiger partial charge is 0.465 e. The molecule has 8 nitrogen and oxygen atoms in total. The van der Waals surface area contributed by atoms with Gasteiger partial charge in [0.05, 0.1) is 48.9 Å². The van der Waals surface area contributed by atoms with E-state index in [-0.39, 0.29) is 30.8 Å². The molecular formula is C25H26ClF2N3O5. The van der Waals surface area contributed by atoms with Crippen LogP contribution in [0, 0.1) is 11.6 Å². The minimum Gasteiger partial charge on any atom is -0.465 e. The Labute approximate surface area is 211 Å². The normalized spacial score (nSPS) is 16.3. The van der Waals surface area contributed by atoms with Crippen molar-refractivity contribution in [3.05, 3.63) is 58.4 Å². The van der Waals surface area contributed by atoms with E-state index in [0.717, 1.165) is 19.2 Å². The predicted octanol–water partition coefficient (Wildman–Crippen LogP) is 4.90. The first-order valence-corrected chi connectivity index (χ1v) is 11.7. The number of amides is 1. The van der Waals surface area contributed by atoms with Crippen LogP contribution in [0.25, 0.3) is 16.9 Å². The van der Waals surface area contributed by atoms with E-state index in [1.807, 2.05) is 0 Å². The third-order valence-corrected chi connectivity index (χ3v) is 5.83. The van der Waals surface area contributed by atoms with E-state index in [1.54, 1.807) is 48.4 Å². The minimum absolute atomic E-state index is 0.0432. The van der Waals surface area contributed by atoms with Gasteiger partial charge < -0.3 is 23.5 Å². The summed E-state index contributed by atoms with van der Waals surface area (Å²) in [7, 11) is 1.13. The third kappa shape index (κ3) is 5.44. The van der Waals surface area contributed by atoms with Gasteiger partial charge in [-0.3, -0.25) is 0 Å². The van der Waals surface area contributed by atoms with Crippen molar-refractivity contribution in [2.75, 3.05) is 26.8 Å². The fourth-order valence-electron chi connectivity index (χ4n) is 4.05. The molecular weight excluding hydrogens is 496 g/mol. The van der Waals surface area contributed by atoms with Crippen molar-refractivity contribution >= 4 is 29.3 Å². The fourth-order valence-corrected chi connectivity index (χ4v) is 4.21. The lowest BCUT2D eigenvalue weighted by Crippen LogP contribution is -2.48. The summed E-state index contributed by atoms with van der Waals surface area (Å²) in [5.41, 5.74) is -0.415. The average Bonchev–Trinajstić information content (AvgIpc) is 3.13. The van der Waals surface area contributed by atoms with Crippen LogP contribution in [0.1, 0.15) is 36.8 Å². The van der Waals surface area contributed by atoms with Gasteiger partial charge in [-0.2, -0.15) is 0 Å². The molecule has 1 saturated heterocycles. The topological polar surface area (TPSA) is 82.4 Å². The minimum atomic E-state index is -0.967. The molecule has 36 heavy (non-hydrogen) atoms. The van der Waals surface area contributed by atoms with Crippen LogP contribution >= 0.6 is 11.6 Å². The molecule has 1 aromatic carbocycles. The Morgan fingerprint density at radius 2 is 1.92 bits per heavy atom. The summed E-state index contributed by atoms with van der Waals surface area (Å²) in [4.78, 5) is 30.4. The molecule has 0 aliphatic carbocycles. The van der Waals surface area contributed by atoms with Crippen molar-refractivity contribution in [3.8, 4) is 11.3 Å². The number of ether oxygens (including phenoxy) is 3. The second-order valence-electron chi connectivity index (χ2n) is 9.41. The number of pyridine rings is 1. The maximum atomic E-state index is 15.2. The quantitative estimate of drug-likeness (QED) is 0.454. The molecule has 1 aliphatic heterocycles. The number of morpholine rings is 1. The molecule has 1 amide bonds. The van der Waals surface area contributed by atoms with E-state index in [0.29, 0.717) is 22.9 Å². The molecule has 0 N–H and O–H groups in total. The zero-order valence-corrected chi connectivity index (χ0v) is 21.1. The number of hydrogen-bond acceptors (Lipinski definition) is 6. The zero-order valence-electron chi connectivity index (χ0n) is 20.3. The Morgan fingerprint density at radius 3 is 2.56 bits per heavy atom. The highest BCUT2D eigenvalue weighted by Crippen LogP contribution is 2.32. The second-order valence-corrected chi connectivity index (χ2v) is 9.85. The van der Waals surface area contributed by atoms with Crippen molar-refractivity contribution in [2.45, 2.75) is 38.9 Å². The molecule has 3 heterocycles. The summed E-state index contributed by atoms with van der Waals surface area (Å²) in [6.07, 6.45) is 0.892. The van der Waals surface area contributed by atoms with Crippen LogP contribution in [0.5, 0.6) is 0 Å². The number of carbonyl (C=O) groups excluding carboxylic acids is 2. The van der Waals surface area contributed by atoms with Crippen LogP contribution in [0.4, 0.5) is 13.6 Å². The number of rotatable bonds is 4. The van der Waals surface area contributed by atoms with Crippen molar-refractivity contribution in [1.29, 1.82) is 0 Å². The first-order chi connectivity index (χ1) is 17.0. The van der Waals surface area contributed by atoms with Gasteiger partial charge in [-0.05, 0) is 39.0 Å². The van der Waals surface area contributed by atoms with Crippen LogP contribution in [-0.2, 0) is 20.6 Å². The van der Waals surface area contributed by atoms with Crippen molar-refractivity contribution < 1.29 is 32.6 Å². The van der Waals surface area contributed by atoms with Gasteiger partial charge in [-0.15, -0.1) is 0 Å². The lowest BCUT2D eigenvalue weighted by atomic mass is 10.0. The molecule has 0 bridgehead atoms. The summed E-state index contributed by atoms with van der Waals surface area (Å²) in [6.45, 7) is 6.21. The number of nitrogens with zero attached hydrogens (tertiary/aromatic N) is 3. The van der Waals surface area contributed by atoms with Gasteiger partial charge in [0.25, 0.3) is 0 Å². The molecule has 0 saturated carbocycles. The van der Waals surface area contributed by atoms with Gasteiger partial charge in [-0.25, -0.2) is 23.4 Å². The smallest absolute Gasteiger partial charge is 0.410 e. The molecule has 1 fully saturated rings. The Bertz CT molecular complexity index is 1300. The van der Waals surface area contributed by atoms with E-state index in [9.17, 15) is 9.59 Å². The Balaban J connectivity index is 1.72. The van der Waals surface area contributed by atoms with E-state index in [4.69, 9.17) is 21.1 Å². The molecule has 11 heteroatoms. The number of methoxy groups -OCH3 is 1. The lowest BCUT2D eigenvalue weighted by molar-refractivity contribution is -0.0418. The standard InChI is InChI=1S/C25H26ClF2N3O5/c1-25(2,3)36-24(33)30-7-8-35-16(13-30)12-19-22(29-20-11-15(26)5-6-31(19)20)21-17(27)9-14(10-18(21)28)23(32)34-4/h5-6,9-11,16H,7-8,12-13H2,1-4H3/t16-/m0/s1. The Morgan fingerprint density at radius 1 is 1.22 bits per heavy atom. The molecule has 0 spiro atoms. The number of hydrogen-bond donors (Lipinski definition) is 0. The van der Waals surface area contributed by atoms with Gasteiger partial charge in [0, 0.05) is 30.3 Å². The van der Waals surface area contributed by atoms with E-state index in [2.05, 4.69) is 9.72 Å². The van der Waals surface area contributed by atoms with Crippen LogP contribution in [0.15, 0.2) is 30.5 Å². The van der Waals surface area contributed by atoms with Gasteiger partial charge in [0.15, 0.2) is 0 Å². The monoisotopic (exact) mass is 521 g/mol. The summed E-state index contributed by atoms with van der Waals surface area (Å²) >= 11 is 6.12. The first kappa shape index (κ1) is 25.8. The highest BCUT2D eigenvalue weighted by Gasteiger charge is 2.31. The summed E-state index contributed by atoms with van der Waals surface area (Å²) in [5.74, 6) is -2.80. The van der Waals surface area contributed by atoms with Gasteiger partial charge in [0.1, 0.15) is 22.9 Å². The first-order valence-electron chi connectivity index (χ1n) is 11.3. The summed E-state index contributed by atoms with van der Waals surface area (Å²) < 4.78 is 47.9. The molecule has 0 radical (unpaired) electrons. The summed E-state index contributed by atoms with van der Waals surface area (Å²) in [6, 6.07) is 5.02. The number of carbonyl (C=O) groups is 2. The lowest BCUT2D eigenvalue weighted by Gasteiger charge is -2.34. The maximum absolute atomic E-state index is 15.2. The van der Waals surface area contributed by atoms with Gasteiger partial charge >= 0.3 is 12.1 Å². The van der Waals surface area contributed by atoms with E-state index >= 15 is 8.78 Å². The molecule has 1 atom stereocenters. The second kappa shape index (κ2) is 10.0. The van der Waals surface area contributed by atoms with Crippen LogP contribution < -0.4 is 0 Å². The molecule has 192 valence electrons. The molecule has 3 aromatic rings. The van der Waals surface area contributed by atoms with Crippen molar-refractivity contribution in [3.63, 3.8) is 0 Å².